The van der Waals surface area contributed by atoms with E-state index in [1.807, 2.05) is 24.4 Å². The lowest BCUT2D eigenvalue weighted by Gasteiger charge is -2.45. The molecule has 2 aromatic carbocycles. The predicted octanol–water partition coefficient (Wildman–Crippen LogP) is 6.22. The van der Waals surface area contributed by atoms with Crippen LogP contribution in [0, 0.1) is 5.41 Å². The van der Waals surface area contributed by atoms with Crippen LogP contribution in [0.5, 0.6) is 11.5 Å². The van der Waals surface area contributed by atoms with Gasteiger partial charge in [-0.25, -0.2) is 0 Å². The number of pyridine rings is 1. The molecular weight excluding hydrogens is 548 g/mol. The molecule has 234 valence electrons. The Labute approximate surface area is 263 Å². The molecule has 2 saturated heterocycles. The molecule has 7 heteroatoms. The molecule has 7 nitrogen and oxygen atoms in total. The highest BCUT2D eigenvalue weighted by molar-refractivity contribution is 5.94. The van der Waals surface area contributed by atoms with Gasteiger partial charge in [-0.15, -0.1) is 0 Å². The summed E-state index contributed by atoms with van der Waals surface area (Å²) in [5.41, 5.74) is 4.46. The Kier molecular flexibility index (Phi) is 10.1. The lowest BCUT2D eigenvalue weighted by atomic mass is 9.73. The minimum absolute atomic E-state index is 0.147. The number of para-hydroxylation sites is 1. The fourth-order valence-corrected chi connectivity index (χ4v) is 7.43. The SMILES string of the molecule is COc1ccc(C(=O)N2CCC3(CCCCc4ccccc4OCCN(Cc4ccccn4)C3)CC2)cc1CN1CCCC1. The van der Waals surface area contributed by atoms with Crippen LogP contribution < -0.4 is 9.47 Å². The van der Waals surface area contributed by atoms with Crippen LogP contribution in [0.1, 0.15) is 72.1 Å². The molecule has 1 aromatic heterocycles. The highest BCUT2D eigenvalue weighted by atomic mass is 16.5. The molecule has 3 aliphatic rings. The zero-order valence-electron chi connectivity index (χ0n) is 26.4. The van der Waals surface area contributed by atoms with Gasteiger partial charge < -0.3 is 14.4 Å². The molecule has 44 heavy (non-hydrogen) atoms. The molecule has 0 aliphatic carbocycles. The second-order valence-corrected chi connectivity index (χ2v) is 13.0. The zero-order chi connectivity index (χ0) is 30.2. The van der Waals surface area contributed by atoms with Crippen molar-refractivity contribution < 1.29 is 14.3 Å². The summed E-state index contributed by atoms with van der Waals surface area (Å²) < 4.78 is 12.0. The maximum atomic E-state index is 13.8. The highest BCUT2D eigenvalue weighted by Crippen LogP contribution is 2.39. The Balaban J connectivity index is 1.16. The van der Waals surface area contributed by atoms with E-state index >= 15 is 0 Å². The Bertz CT molecular complexity index is 1370. The van der Waals surface area contributed by atoms with Crippen molar-refractivity contribution in [2.24, 2.45) is 5.41 Å². The largest absolute Gasteiger partial charge is 0.496 e. The van der Waals surface area contributed by atoms with Crippen molar-refractivity contribution >= 4 is 5.91 Å². The normalized spacial score (nSPS) is 19.9. The van der Waals surface area contributed by atoms with E-state index in [4.69, 9.17) is 9.47 Å². The molecule has 0 saturated carbocycles. The third-order valence-corrected chi connectivity index (χ3v) is 9.94. The summed E-state index contributed by atoms with van der Waals surface area (Å²) in [7, 11) is 1.72. The lowest BCUT2D eigenvalue weighted by Crippen LogP contribution is -2.48. The number of amides is 1. The van der Waals surface area contributed by atoms with Gasteiger partial charge in [0.1, 0.15) is 18.1 Å². The molecule has 1 spiro atoms. The summed E-state index contributed by atoms with van der Waals surface area (Å²) >= 11 is 0. The summed E-state index contributed by atoms with van der Waals surface area (Å²) in [6.07, 6.45) is 11.0. The zero-order valence-corrected chi connectivity index (χ0v) is 26.4. The van der Waals surface area contributed by atoms with Crippen LogP contribution in [0.15, 0.2) is 66.9 Å². The third kappa shape index (κ3) is 7.62. The topological polar surface area (TPSA) is 58.1 Å². The van der Waals surface area contributed by atoms with Crippen molar-refractivity contribution in [2.75, 3.05) is 53.0 Å². The first-order valence-corrected chi connectivity index (χ1v) is 16.6. The van der Waals surface area contributed by atoms with E-state index < -0.39 is 0 Å². The van der Waals surface area contributed by atoms with Crippen LogP contribution in [0.3, 0.4) is 0 Å². The maximum Gasteiger partial charge on any atom is 0.253 e. The first-order valence-electron chi connectivity index (χ1n) is 16.6. The van der Waals surface area contributed by atoms with Crippen molar-refractivity contribution in [1.29, 1.82) is 0 Å². The van der Waals surface area contributed by atoms with Crippen LogP contribution in [0.25, 0.3) is 0 Å². The number of rotatable bonds is 6. The number of aryl methyl sites for hydroxylation is 1. The number of benzene rings is 2. The Morgan fingerprint density at radius 2 is 1.68 bits per heavy atom. The first kappa shape index (κ1) is 30.6. The van der Waals surface area contributed by atoms with Gasteiger partial charge in [0, 0.05) is 56.6 Å². The molecule has 4 heterocycles. The lowest BCUT2D eigenvalue weighted by molar-refractivity contribution is 0.0358. The maximum absolute atomic E-state index is 13.8. The average molecular weight is 597 g/mol. The van der Waals surface area contributed by atoms with Crippen molar-refractivity contribution in [3.8, 4) is 11.5 Å². The van der Waals surface area contributed by atoms with E-state index in [1.54, 1.807) is 7.11 Å². The number of hydrogen-bond donors (Lipinski definition) is 0. The van der Waals surface area contributed by atoms with Crippen molar-refractivity contribution in [3.63, 3.8) is 0 Å². The van der Waals surface area contributed by atoms with Crippen molar-refractivity contribution in [1.82, 2.24) is 19.7 Å². The van der Waals surface area contributed by atoms with E-state index in [-0.39, 0.29) is 11.3 Å². The van der Waals surface area contributed by atoms with Gasteiger partial charge in [-0.1, -0.05) is 30.7 Å². The summed E-state index contributed by atoms with van der Waals surface area (Å²) in [5.74, 6) is 2.04. The molecule has 0 bridgehead atoms. The number of piperidine rings is 1. The molecule has 3 aliphatic heterocycles. The second kappa shape index (κ2) is 14.6. The molecule has 1 amide bonds. The predicted molar refractivity (Wildman–Crippen MR) is 174 cm³/mol. The van der Waals surface area contributed by atoms with Gasteiger partial charge in [0.05, 0.1) is 12.8 Å². The number of hydrogen-bond acceptors (Lipinski definition) is 6. The van der Waals surface area contributed by atoms with E-state index in [2.05, 4.69) is 62.1 Å². The van der Waals surface area contributed by atoms with Crippen LogP contribution >= 0.6 is 0 Å². The number of fused-ring (bicyclic) bond motifs is 1. The Hall–Kier alpha value is -3.42. The number of nitrogens with zero attached hydrogens (tertiary/aromatic N) is 4. The Morgan fingerprint density at radius 1 is 0.864 bits per heavy atom. The van der Waals surface area contributed by atoms with Gasteiger partial charge in [0.25, 0.3) is 5.91 Å². The summed E-state index contributed by atoms with van der Waals surface area (Å²) in [6, 6.07) is 20.7. The van der Waals surface area contributed by atoms with Crippen LogP contribution in [0.2, 0.25) is 0 Å². The minimum Gasteiger partial charge on any atom is -0.496 e. The number of aromatic nitrogens is 1. The first-order chi connectivity index (χ1) is 21.6. The van der Waals surface area contributed by atoms with Gasteiger partial charge in [0.15, 0.2) is 0 Å². The van der Waals surface area contributed by atoms with Crippen LogP contribution in [0.4, 0.5) is 0 Å². The van der Waals surface area contributed by atoms with Crippen LogP contribution in [-0.4, -0.2) is 78.6 Å². The van der Waals surface area contributed by atoms with E-state index in [1.165, 1.54) is 31.2 Å². The minimum atomic E-state index is 0.147. The van der Waals surface area contributed by atoms with Gasteiger partial charge >= 0.3 is 0 Å². The molecule has 2 fully saturated rings. The summed E-state index contributed by atoms with van der Waals surface area (Å²) in [4.78, 5) is 25.6. The number of carbonyl (C=O) groups is 1. The Morgan fingerprint density at radius 3 is 2.48 bits per heavy atom. The highest BCUT2D eigenvalue weighted by Gasteiger charge is 2.37. The standard InChI is InChI=1S/C37H48N4O3/c1-43-34-15-14-31(26-32(34)27-39-20-8-9-21-39)36(42)41-22-17-37(18-23-41)16-6-4-11-30-10-2-3-13-35(30)44-25-24-40(29-37)28-33-12-5-7-19-38-33/h2-3,5,7,10,12-15,19,26H,4,6,8-9,11,16-18,20-25,27-29H2,1H3. The molecule has 0 N–H and O–H groups in total. The molecule has 3 aromatic rings. The summed E-state index contributed by atoms with van der Waals surface area (Å²) in [5, 5.41) is 0. The number of carbonyl (C=O) groups excluding carboxylic acids is 1. The van der Waals surface area contributed by atoms with Gasteiger partial charge in [-0.2, -0.15) is 0 Å². The quantitative estimate of drug-likeness (QED) is 0.337. The molecule has 0 atom stereocenters. The number of ether oxygens (including phenoxy) is 2. The third-order valence-electron chi connectivity index (χ3n) is 9.94. The average Bonchev–Trinajstić information content (AvgIpc) is 3.57. The number of methoxy groups -OCH3 is 1. The van der Waals surface area contributed by atoms with Gasteiger partial charge in [-0.05, 0) is 105 Å². The van der Waals surface area contributed by atoms with Crippen LogP contribution in [-0.2, 0) is 19.5 Å². The van der Waals surface area contributed by atoms with E-state index in [0.717, 1.165) is 106 Å². The molecule has 0 radical (unpaired) electrons. The second-order valence-electron chi connectivity index (χ2n) is 13.0. The molecular formula is C37H48N4O3. The smallest absolute Gasteiger partial charge is 0.253 e. The number of likely N-dealkylation sites (tertiary alicyclic amines) is 2. The molecule has 6 rings (SSSR count). The van der Waals surface area contributed by atoms with Crippen molar-refractivity contribution in [3.05, 3.63) is 89.2 Å². The summed E-state index contributed by atoms with van der Waals surface area (Å²) in [6.45, 7) is 7.97. The van der Waals surface area contributed by atoms with Gasteiger partial charge in [-0.3, -0.25) is 19.6 Å². The van der Waals surface area contributed by atoms with E-state index in [0.29, 0.717) is 6.61 Å². The fourth-order valence-electron chi connectivity index (χ4n) is 7.43. The van der Waals surface area contributed by atoms with E-state index in [9.17, 15) is 4.79 Å². The van der Waals surface area contributed by atoms with Gasteiger partial charge in [0.2, 0.25) is 0 Å². The molecule has 0 unspecified atom stereocenters. The van der Waals surface area contributed by atoms with Crippen molar-refractivity contribution in [2.45, 2.75) is 64.5 Å². The monoisotopic (exact) mass is 596 g/mol. The fraction of sp³-hybridized carbons (Fsp3) is 0.514.